The van der Waals surface area contributed by atoms with E-state index in [-0.39, 0.29) is 0 Å². The van der Waals surface area contributed by atoms with Gasteiger partial charge in [-0.15, -0.1) is 0 Å². The maximum atomic E-state index is 3.71. The fraction of sp³-hybridized carbons (Fsp3) is 0.667. The largest absolute Gasteiger partial charge is 0.309 e. The summed E-state index contributed by atoms with van der Waals surface area (Å²) < 4.78 is 0. The maximum absolute atomic E-state index is 3.71. The molecule has 1 aliphatic carbocycles. The van der Waals surface area contributed by atoms with E-state index >= 15 is 0 Å². The highest BCUT2D eigenvalue weighted by atomic mass is 32.2. The molecule has 0 aromatic heterocycles. The lowest BCUT2D eigenvalue weighted by Gasteiger charge is -2.20. The van der Waals surface area contributed by atoms with Gasteiger partial charge in [-0.3, -0.25) is 0 Å². The molecule has 1 nitrogen and oxygen atoms in total. The summed E-state index contributed by atoms with van der Waals surface area (Å²) in [5, 5.41) is 3.71. The third-order valence-electron chi connectivity index (χ3n) is 4.23. The van der Waals surface area contributed by atoms with Crippen molar-refractivity contribution in [3.05, 3.63) is 35.4 Å². The Hall–Kier alpha value is -0.470. The van der Waals surface area contributed by atoms with Crippen molar-refractivity contribution in [2.45, 2.75) is 52.0 Å². The average molecular weight is 292 g/mol. The van der Waals surface area contributed by atoms with Crippen LogP contribution in [-0.4, -0.2) is 18.1 Å². The first-order valence-electron chi connectivity index (χ1n) is 8.17. The summed E-state index contributed by atoms with van der Waals surface area (Å²) >= 11 is 2.15. The van der Waals surface area contributed by atoms with Crippen LogP contribution in [0.4, 0.5) is 0 Å². The van der Waals surface area contributed by atoms with Gasteiger partial charge in [0.2, 0.25) is 0 Å². The van der Waals surface area contributed by atoms with Crippen LogP contribution in [0.15, 0.2) is 24.3 Å². The van der Waals surface area contributed by atoms with Crippen molar-refractivity contribution < 1.29 is 0 Å². The third-order valence-corrected chi connectivity index (χ3v) is 5.51. The van der Waals surface area contributed by atoms with Crippen molar-refractivity contribution in [2.75, 3.05) is 18.1 Å². The fourth-order valence-electron chi connectivity index (χ4n) is 2.92. The molecule has 1 atom stereocenters. The van der Waals surface area contributed by atoms with E-state index in [9.17, 15) is 0 Å². The van der Waals surface area contributed by atoms with E-state index in [0.29, 0.717) is 6.04 Å². The molecule has 0 aliphatic heterocycles. The Balaban J connectivity index is 1.84. The Morgan fingerprint density at radius 3 is 2.55 bits per heavy atom. The van der Waals surface area contributed by atoms with Crippen LogP contribution in [0.3, 0.4) is 0 Å². The summed E-state index contributed by atoms with van der Waals surface area (Å²) in [5.41, 5.74) is 2.80. The lowest BCUT2D eigenvalue weighted by atomic mass is 10.1. The highest BCUT2D eigenvalue weighted by molar-refractivity contribution is 7.99. The van der Waals surface area contributed by atoms with E-state index < -0.39 is 0 Å². The Morgan fingerprint density at radius 2 is 1.90 bits per heavy atom. The van der Waals surface area contributed by atoms with E-state index in [1.165, 1.54) is 54.7 Å². The molecule has 1 aromatic rings. The van der Waals surface area contributed by atoms with Gasteiger partial charge in [-0.1, -0.05) is 49.6 Å². The highest BCUT2D eigenvalue weighted by Crippen LogP contribution is 2.29. The Kier molecular flexibility index (Phi) is 6.95. The van der Waals surface area contributed by atoms with Gasteiger partial charge in [-0.25, -0.2) is 0 Å². The number of benzene rings is 1. The van der Waals surface area contributed by atoms with Crippen LogP contribution in [0.25, 0.3) is 0 Å². The Bertz CT molecular complexity index is 368. The van der Waals surface area contributed by atoms with Crippen LogP contribution < -0.4 is 5.32 Å². The molecule has 112 valence electrons. The zero-order valence-electron chi connectivity index (χ0n) is 13.0. The zero-order chi connectivity index (χ0) is 14.2. The second kappa shape index (κ2) is 8.74. The molecule has 1 fully saturated rings. The van der Waals surface area contributed by atoms with Gasteiger partial charge in [0.15, 0.2) is 0 Å². The van der Waals surface area contributed by atoms with Crippen LogP contribution in [0, 0.1) is 12.8 Å². The SMILES string of the molecule is CCCNC(CSCC1CCCC1)c1ccc(C)cc1. The summed E-state index contributed by atoms with van der Waals surface area (Å²) in [4.78, 5) is 0. The van der Waals surface area contributed by atoms with Crippen molar-refractivity contribution in [3.8, 4) is 0 Å². The minimum atomic E-state index is 0.516. The first-order chi connectivity index (χ1) is 9.79. The summed E-state index contributed by atoms with van der Waals surface area (Å²) in [7, 11) is 0. The molecule has 0 amide bonds. The van der Waals surface area contributed by atoms with Gasteiger partial charge in [0.1, 0.15) is 0 Å². The number of aryl methyl sites for hydroxylation is 1. The molecule has 0 spiro atoms. The van der Waals surface area contributed by atoms with Crippen LogP contribution in [0.1, 0.15) is 56.2 Å². The number of hydrogen-bond acceptors (Lipinski definition) is 2. The molecule has 0 saturated heterocycles. The van der Waals surface area contributed by atoms with Gasteiger partial charge in [0, 0.05) is 11.8 Å². The van der Waals surface area contributed by atoms with E-state index in [2.05, 4.69) is 55.2 Å². The average Bonchev–Trinajstić information content (AvgIpc) is 2.97. The van der Waals surface area contributed by atoms with Gasteiger partial charge in [-0.05, 0) is 50.0 Å². The number of thioether (sulfide) groups is 1. The number of hydrogen-bond donors (Lipinski definition) is 1. The van der Waals surface area contributed by atoms with E-state index in [0.717, 1.165) is 12.5 Å². The van der Waals surface area contributed by atoms with Crippen molar-refractivity contribution in [3.63, 3.8) is 0 Å². The zero-order valence-corrected chi connectivity index (χ0v) is 13.8. The molecule has 20 heavy (non-hydrogen) atoms. The van der Waals surface area contributed by atoms with Crippen molar-refractivity contribution in [2.24, 2.45) is 5.92 Å². The molecule has 0 radical (unpaired) electrons. The molecule has 1 aromatic carbocycles. The number of nitrogens with one attached hydrogen (secondary N) is 1. The van der Waals surface area contributed by atoms with Gasteiger partial charge in [-0.2, -0.15) is 11.8 Å². The Labute approximate surface area is 128 Å². The van der Waals surface area contributed by atoms with Gasteiger partial charge in [0.25, 0.3) is 0 Å². The van der Waals surface area contributed by atoms with Crippen molar-refractivity contribution in [1.29, 1.82) is 0 Å². The smallest absolute Gasteiger partial charge is 0.0411 e. The monoisotopic (exact) mass is 291 g/mol. The topological polar surface area (TPSA) is 12.0 Å². The van der Waals surface area contributed by atoms with Gasteiger partial charge in [0.05, 0.1) is 0 Å². The minimum Gasteiger partial charge on any atom is -0.309 e. The van der Waals surface area contributed by atoms with Gasteiger partial charge < -0.3 is 5.32 Å². The molecular weight excluding hydrogens is 262 g/mol. The van der Waals surface area contributed by atoms with E-state index in [1.54, 1.807) is 0 Å². The molecule has 2 rings (SSSR count). The highest BCUT2D eigenvalue weighted by Gasteiger charge is 2.16. The Morgan fingerprint density at radius 1 is 1.20 bits per heavy atom. The summed E-state index contributed by atoms with van der Waals surface area (Å²) in [6.45, 7) is 5.51. The second-order valence-electron chi connectivity index (χ2n) is 6.11. The van der Waals surface area contributed by atoms with Crippen molar-refractivity contribution >= 4 is 11.8 Å². The second-order valence-corrected chi connectivity index (χ2v) is 7.18. The van der Waals surface area contributed by atoms with Crippen LogP contribution >= 0.6 is 11.8 Å². The van der Waals surface area contributed by atoms with E-state index in [4.69, 9.17) is 0 Å². The van der Waals surface area contributed by atoms with Crippen molar-refractivity contribution in [1.82, 2.24) is 5.32 Å². The maximum Gasteiger partial charge on any atom is 0.0411 e. The van der Waals surface area contributed by atoms with E-state index in [1.807, 2.05) is 0 Å². The lowest BCUT2D eigenvalue weighted by molar-refractivity contribution is 0.574. The minimum absolute atomic E-state index is 0.516. The first kappa shape index (κ1) is 15.9. The predicted molar refractivity (Wildman–Crippen MR) is 91.5 cm³/mol. The molecular formula is C18H29NS. The molecule has 0 heterocycles. The molecule has 1 saturated carbocycles. The summed E-state index contributed by atoms with van der Waals surface area (Å²) in [6.07, 6.45) is 7.05. The van der Waals surface area contributed by atoms with Crippen LogP contribution in [0.5, 0.6) is 0 Å². The quantitative estimate of drug-likeness (QED) is 0.726. The fourth-order valence-corrected chi connectivity index (χ4v) is 4.27. The van der Waals surface area contributed by atoms with Crippen LogP contribution in [-0.2, 0) is 0 Å². The van der Waals surface area contributed by atoms with Gasteiger partial charge >= 0.3 is 0 Å². The number of rotatable bonds is 8. The first-order valence-corrected chi connectivity index (χ1v) is 9.32. The molecule has 0 bridgehead atoms. The normalized spacial score (nSPS) is 17.5. The summed E-state index contributed by atoms with van der Waals surface area (Å²) in [5.74, 6) is 3.56. The molecule has 2 heteroatoms. The van der Waals surface area contributed by atoms with Crippen LogP contribution in [0.2, 0.25) is 0 Å². The molecule has 1 aliphatic rings. The predicted octanol–water partition coefficient (Wildman–Crippen LogP) is 4.96. The summed E-state index contributed by atoms with van der Waals surface area (Å²) in [6, 6.07) is 9.56. The third kappa shape index (κ3) is 5.14. The lowest BCUT2D eigenvalue weighted by Crippen LogP contribution is -2.24. The molecule has 1 unspecified atom stereocenters. The molecule has 1 N–H and O–H groups in total. The standard InChI is InChI=1S/C18H29NS/c1-3-12-19-18(17-10-8-15(2)9-11-17)14-20-13-16-6-4-5-7-16/h8-11,16,18-19H,3-7,12-14H2,1-2H3.